The predicted octanol–water partition coefficient (Wildman–Crippen LogP) is 1.49. The average molecular weight is 292 g/mol. The number of rotatable bonds is 2. The van der Waals surface area contributed by atoms with Crippen molar-refractivity contribution in [1.29, 1.82) is 0 Å². The van der Waals surface area contributed by atoms with E-state index < -0.39 is 11.4 Å². The summed E-state index contributed by atoms with van der Waals surface area (Å²) in [5.41, 5.74) is -1.22. The molecule has 2 saturated heterocycles. The number of carboxylic acid groups (broad SMARTS) is 1. The Hall–Kier alpha value is -1.36. The third-order valence-electron chi connectivity index (χ3n) is 5.31. The molecule has 0 aromatic heterocycles. The third-order valence-corrected chi connectivity index (χ3v) is 5.31. The van der Waals surface area contributed by atoms with Crippen molar-refractivity contribution < 1.29 is 14.7 Å². The smallest absolute Gasteiger partial charge is 0.319 e. The minimum absolute atomic E-state index is 0.162. The van der Waals surface area contributed by atoms with Crippen LogP contribution < -0.4 is 0 Å². The fourth-order valence-electron chi connectivity index (χ4n) is 3.96. The molecule has 2 atom stereocenters. The van der Waals surface area contributed by atoms with Crippen molar-refractivity contribution in [3.05, 3.63) is 12.2 Å². The normalized spacial score (nSPS) is 33.5. The highest BCUT2D eigenvalue weighted by molar-refractivity contribution is 6.02. The van der Waals surface area contributed by atoms with Gasteiger partial charge >= 0.3 is 5.97 Å². The third kappa shape index (κ3) is 2.59. The summed E-state index contributed by atoms with van der Waals surface area (Å²) in [7, 11) is 0. The first-order valence-electron chi connectivity index (χ1n) is 8.05. The van der Waals surface area contributed by atoms with E-state index in [4.69, 9.17) is 0 Å². The van der Waals surface area contributed by atoms with Crippen molar-refractivity contribution in [2.24, 2.45) is 5.41 Å². The van der Waals surface area contributed by atoms with Gasteiger partial charge in [0.05, 0.1) is 0 Å². The summed E-state index contributed by atoms with van der Waals surface area (Å²) in [4.78, 5) is 28.9. The largest absolute Gasteiger partial charge is 0.480 e. The molecule has 21 heavy (non-hydrogen) atoms. The van der Waals surface area contributed by atoms with Crippen molar-refractivity contribution in [2.75, 3.05) is 26.2 Å². The number of hydrogen-bond acceptors (Lipinski definition) is 3. The number of piperazine rings is 1. The van der Waals surface area contributed by atoms with Crippen molar-refractivity contribution in [3.8, 4) is 0 Å². The fourth-order valence-corrected chi connectivity index (χ4v) is 3.96. The second-order valence-electron chi connectivity index (χ2n) is 6.54. The number of piperidine rings is 1. The van der Waals surface area contributed by atoms with Crippen LogP contribution in [0.4, 0.5) is 0 Å². The summed E-state index contributed by atoms with van der Waals surface area (Å²) in [6, 6.07) is 0.432. The molecule has 3 aliphatic rings. The minimum atomic E-state index is -1.22. The van der Waals surface area contributed by atoms with Crippen LogP contribution in [0.5, 0.6) is 0 Å². The topological polar surface area (TPSA) is 60.9 Å². The zero-order valence-electron chi connectivity index (χ0n) is 12.5. The molecule has 2 unspecified atom stereocenters. The van der Waals surface area contributed by atoms with E-state index >= 15 is 0 Å². The molecule has 5 heteroatoms. The molecule has 2 heterocycles. The Labute approximate surface area is 125 Å². The summed E-state index contributed by atoms with van der Waals surface area (Å²) in [6.45, 7) is 3.40. The van der Waals surface area contributed by atoms with Crippen molar-refractivity contribution in [3.63, 3.8) is 0 Å². The van der Waals surface area contributed by atoms with Gasteiger partial charge in [-0.2, -0.15) is 0 Å². The van der Waals surface area contributed by atoms with E-state index in [1.165, 1.54) is 12.8 Å². The fraction of sp³-hybridized carbons (Fsp3) is 0.750. The molecule has 2 fully saturated rings. The van der Waals surface area contributed by atoms with Crippen molar-refractivity contribution in [1.82, 2.24) is 9.80 Å². The van der Waals surface area contributed by atoms with E-state index in [1.54, 1.807) is 0 Å². The quantitative estimate of drug-likeness (QED) is 0.619. The standard InChI is InChI=1S/C16H24N2O3/c19-14(16(15(20)21)7-3-1-4-8-16)18-11-10-17-9-5-2-6-13(17)12-18/h1,3,13H,2,4-12H2,(H,20,21). The lowest BCUT2D eigenvalue weighted by atomic mass is 9.75. The van der Waals surface area contributed by atoms with Crippen molar-refractivity contribution >= 4 is 11.9 Å². The molecule has 1 aliphatic carbocycles. The van der Waals surface area contributed by atoms with E-state index in [0.29, 0.717) is 38.4 Å². The lowest BCUT2D eigenvalue weighted by Crippen LogP contribution is -2.60. The summed E-state index contributed by atoms with van der Waals surface area (Å²) >= 11 is 0. The molecule has 2 aliphatic heterocycles. The zero-order valence-corrected chi connectivity index (χ0v) is 12.5. The molecule has 5 nitrogen and oxygen atoms in total. The molecule has 0 aromatic rings. The lowest BCUT2D eigenvalue weighted by molar-refractivity contribution is -0.163. The van der Waals surface area contributed by atoms with Gasteiger partial charge in [-0.15, -0.1) is 0 Å². The maximum Gasteiger partial charge on any atom is 0.319 e. The van der Waals surface area contributed by atoms with Gasteiger partial charge in [-0.05, 0) is 38.6 Å². The number of hydrogen-bond donors (Lipinski definition) is 1. The summed E-state index contributed by atoms with van der Waals surface area (Å²) in [6.07, 6.45) is 8.88. The zero-order chi connectivity index (χ0) is 14.9. The highest BCUT2D eigenvalue weighted by Crippen LogP contribution is 2.36. The average Bonchev–Trinajstić information content (AvgIpc) is 2.54. The van der Waals surface area contributed by atoms with E-state index in [-0.39, 0.29) is 5.91 Å². The number of allylic oxidation sites excluding steroid dienone is 2. The van der Waals surface area contributed by atoms with Crippen LogP contribution in [-0.2, 0) is 9.59 Å². The van der Waals surface area contributed by atoms with Crippen molar-refractivity contribution in [2.45, 2.75) is 44.6 Å². The molecule has 3 rings (SSSR count). The van der Waals surface area contributed by atoms with Crippen LogP contribution in [0.3, 0.4) is 0 Å². The molecule has 0 radical (unpaired) electrons. The first-order chi connectivity index (χ1) is 10.1. The number of amides is 1. The Kier molecular flexibility index (Phi) is 4.02. The van der Waals surface area contributed by atoms with Gasteiger partial charge in [0.25, 0.3) is 0 Å². The number of aliphatic carboxylic acids is 1. The summed E-state index contributed by atoms with van der Waals surface area (Å²) in [5, 5.41) is 9.63. The number of nitrogens with zero attached hydrogens (tertiary/aromatic N) is 2. The van der Waals surface area contributed by atoms with E-state index in [2.05, 4.69) is 4.90 Å². The number of fused-ring (bicyclic) bond motifs is 1. The van der Waals surface area contributed by atoms with Gasteiger partial charge in [-0.25, -0.2) is 0 Å². The number of carbonyl (C=O) groups is 2. The van der Waals surface area contributed by atoms with Gasteiger partial charge in [-0.3, -0.25) is 14.5 Å². The van der Waals surface area contributed by atoms with Crippen LogP contribution in [0, 0.1) is 5.41 Å². The Balaban J connectivity index is 1.74. The van der Waals surface area contributed by atoms with Gasteiger partial charge in [0.1, 0.15) is 5.41 Å². The highest BCUT2D eigenvalue weighted by atomic mass is 16.4. The van der Waals surface area contributed by atoms with E-state index in [9.17, 15) is 14.7 Å². The van der Waals surface area contributed by atoms with E-state index in [0.717, 1.165) is 19.5 Å². The van der Waals surface area contributed by atoms with Crippen LogP contribution in [0.2, 0.25) is 0 Å². The molecular weight excluding hydrogens is 268 g/mol. The van der Waals surface area contributed by atoms with Gasteiger partial charge in [0, 0.05) is 25.7 Å². The minimum Gasteiger partial charge on any atom is -0.480 e. The van der Waals surface area contributed by atoms with Gasteiger partial charge < -0.3 is 10.0 Å². The number of carbonyl (C=O) groups excluding carboxylic acids is 1. The summed E-state index contributed by atoms with van der Waals surface area (Å²) in [5.74, 6) is -1.12. The monoisotopic (exact) mass is 292 g/mol. The maximum atomic E-state index is 12.9. The Morgan fingerprint density at radius 1 is 1.14 bits per heavy atom. The van der Waals surface area contributed by atoms with Crippen LogP contribution in [0.25, 0.3) is 0 Å². The van der Waals surface area contributed by atoms with Crippen LogP contribution >= 0.6 is 0 Å². The van der Waals surface area contributed by atoms with Gasteiger partial charge in [0.2, 0.25) is 5.91 Å². The first-order valence-corrected chi connectivity index (χ1v) is 8.05. The van der Waals surface area contributed by atoms with Crippen LogP contribution in [0.15, 0.2) is 12.2 Å². The van der Waals surface area contributed by atoms with Crippen LogP contribution in [-0.4, -0.2) is 59.0 Å². The molecule has 0 spiro atoms. The van der Waals surface area contributed by atoms with Gasteiger partial charge in [0.15, 0.2) is 0 Å². The first kappa shape index (κ1) is 14.6. The molecule has 1 N–H and O–H groups in total. The maximum absolute atomic E-state index is 12.9. The molecule has 0 aromatic carbocycles. The predicted molar refractivity (Wildman–Crippen MR) is 78.9 cm³/mol. The lowest BCUT2D eigenvalue weighted by Gasteiger charge is -2.46. The molecular formula is C16H24N2O3. The molecule has 1 amide bonds. The molecule has 116 valence electrons. The summed E-state index contributed by atoms with van der Waals surface area (Å²) < 4.78 is 0. The van der Waals surface area contributed by atoms with E-state index in [1.807, 2.05) is 17.1 Å². The molecule has 0 bridgehead atoms. The second-order valence-corrected chi connectivity index (χ2v) is 6.54. The Morgan fingerprint density at radius 2 is 2.00 bits per heavy atom. The highest BCUT2D eigenvalue weighted by Gasteiger charge is 2.48. The second kappa shape index (κ2) is 5.79. The Morgan fingerprint density at radius 3 is 2.71 bits per heavy atom. The number of carboxylic acids is 1. The van der Waals surface area contributed by atoms with Gasteiger partial charge in [-0.1, -0.05) is 18.6 Å². The molecule has 0 saturated carbocycles. The SMILES string of the molecule is O=C(O)C1(C(=O)N2CCN3CCCCC3C2)CC=CCC1. The Bertz CT molecular complexity index is 462. The van der Waals surface area contributed by atoms with Crippen LogP contribution in [0.1, 0.15) is 38.5 Å².